The number of fused-ring (bicyclic) bond motifs is 8. The van der Waals surface area contributed by atoms with Crippen LogP contribution in [-0.4, -0.2) is 19.1 Å². The third kappa shape index (κ3) is 6.30. The molecule has 4 nitrogen and oxygen atoms in total. The summed E-state index contributed by atoms with van der Waals surface area (Å²) < 4.78 is 4.55. The summed E-state index contributed by atoms with van der Waals surface area (Å²) in [5.74, 6) is 1.74. The first-order valence-electron chi connectivity index (χ1n) is 22.5. The molecule has 2 heterocycles. The Balaban J connectivity index is 0.980. The van der Waals surface area contributed by atoms with E-state index in [0.29, 0.717) is 0 Å². The second kappa shape index (κ2) is 15.4. The predicted molar refractivity (Wildman–Crippen MR) is 275 cm³/mol. The van der Waals surface area contributed by atoms with Gasteiger partial charge in [-0.3, -0.25) is 9.13 Å². The van der Waals surface area contributed by atoms with Gasteiger partial charge in [0.1, 0.15) is 11.6 Å². The Morgan fingerprint density at radius 1 is 0.227 bits per heavy atom. The summed E-state index contributed by atoms with van der Waals surface area (Å²) in [6.45, 7) is 0. The van der Waals surface area contributed by atoms with Crippen molar-refractivity contribution in [2.24, 2.45) is 0 Å². The van der Waals surface area contributed by atoms with Crippen LogP contribution >= 0.6 is 0 Å². The molecule has 0 atom stereocenters. The van der Waals surface area contributed by atoms with E-state index in [1.165, 1.54) is 43.4 Å². The summed E-state index contributed by atoms with van der Waals surface area (Å²) >= 11 is 0. The lowest BCUT2D eigenvalue weighted by Crippen LogP contribution is -2.00. The van der Waals surface area contributed by atoms with Gasteiger partial charge in [0.25, 0.3) is 0 Å². The lowest BCUT2D eigenvalue weighted by Gasteiger charge is -2.15. The van der Waals surface area contributed by atoms with Crippen molar-refractivity contribution in [3.8, 4) is 67.5 Å². The number of hydrogen-bond donors (Lipinski definition) is 0. The highest BCUT2D eigenvalue weighted by Crippen LogP contribution is 2.40. The van der Waals surface area contributed by atoms with Crippen molar-refractivity contribution in [2.45, 2.75) is 0 Å². The van der Waals surface area contributed by atoms with Gasteiger partial charge in [-0.25, -0.2) is 9.97 Å². The van der Waals surface area contributed by atoms with E-state index in [-0.39, 0.29) is 0 Å². The summed E-state index contributed by atoms with van der Waals surface area (Å²) in [5.41, 5.74) is 15.0. The summed E-state index contributed by atoms with van der Waals surface area (Å²) in [5, 5.41) is 7.67. The van der Waals surface area contributed by atoms with Crippen LogP contribution in [0.1, 0.15) is 0 Å². The smallest absolute Gasteiger partial charge is 0.145 e. The van der Waals surface area contributed by atoms with E-state index >= 15 is 0 Å². The van der Waals surface area contributed by atoms with Crippen molar-refractivity contribution in [1.29, 1.82) is 0 Å². The minimum atomic E-state index is 0.868. The molecule has 11 aromatic carbocycles. The zero-order valence-corrected chi connectivity index (χ0v) is 35.9. The first-order valence-corrected chi connectivity index (χ1v) is 22.5. The Morgan fingerprint density at radius 2 is 0.576 bits per heavy atom. The highest BCUT2D eigenvalue weighted by atomic mass is 15.1. The van der Waals surface area contributed by atoms with Gasteiger partial charge in [0.05, 0.1) is 22.1 Å². The number of benzene rings is 11. The van der Waals surface area contributed by atoms with Gasteiger partial charge in [0.2, 0.25) is 0 Å². The predicted octanol–water partition coefficient (Wildman–Crippen LogP) is 16.2. The number of nitrogens with zero attached hydrogens (tertiary/aromatic N) is 4. The van der Waals surface area contributed by atoms with Crippen molar-refractivity contribution in [3.63, 3.8) is 0 Å². The molecule has 0 N–H and O–H groups in total. The number of hydrogen-bond acceptors (Lipinski definition) is 2. The normalized spacial score (nSPS) is 11.6. The first-order chi connectivity index (χ1) is 32.7. The molecule has 0 unspecified atom stereocenters. The topological polar surface area (TPSA) is 35.6 Å². The maximum Gasteiger partial charge on any atom is 0.145 e. The molecule has 0 bridgehead atoms. The fraction of sp³-hybridized carbons (Fsp3) is 0. The van der Waals surface area contributed by atoms with Crippen LogP contribution in [0.2, 0.25) is 0 Å². The summed E-state index contributed by atoms with van der Waals surface area (Å²) in [7, 11) is 0. The van der Waals surface area contributed by atoms with Crippen molar-refractivity contribution in [1.82, 2.24) is 19.1 Å². The second-order valence-corrected chi connectivity index (χ2v) is 17.0. The Labute approximate surface area is 382 Å². The van der Waals surface area contributed by atoms with Crippen molar-refractivity contribution < 1.29 is 0 Å². The molecule has 0 spiro atoms. The molecule has 0 amide bonds. The Kier molecular flexibility index (Phi) is 8.81. The van der Waals surface area contributed by atoms with Gasteiger partial charge >= 0.3 is 0 Å². The van der Waals surface area contributed by atoms with Gasteiger partial charge in [-0.2, -0.15) is 0 Å². The fourth-order valence-electron chi connectivity index (χ4n) is 10.0. The quantitative estimate of drug-likeness (QED) is 0.150. The zero-order valence-electron chi connectivity index (χ0n) is 35.9. The third-order valence-electron chi connectivity index (χ3n) is 13.1. The van der Waals surface area contributed by atoms with Crippen molar-refractivity contribution >= 4 is 54.4 Å². The van der Waals surface area contributed by atoms with E-state index in [1.54, 1.807) is 0 Å². The molecule has 13 rings (SSSR count). The molecule has 66 heavy (non-hydrogen) atoms. The number of aromatic nitrogens is 4. The highest BCUT2D eigenvalue weighted by molar-refractivity contribution is 6.25. The van der Waals surface area contributed by atoms with Crippen LogP contribution in [0.4, 0.5) is 0 Å². The standard InChI is InChI=1S/C62H40N4/c1-3-21-49(22-4-1)65-59-31-13-11-29-57(59)63-61(65)47-37-46(38-48(39-47)62-64-58-30-12-14-32-60(58)66(62)50-23-5-2-6-24-50)44-20-16-18-42(36-44)41-17-15-19-43(35-41)45-33-34-55-53-27-8-7-25-51(53)52-26-9-10-28-54(52)56(55)40-45/h1-40H. The van der Waals surface area contributed by atoms with Crippen LogP contribution in [-0.2, 0) is 0 Å². The highest BCUT2D eigenvalue weighted by Gasteiger charge is 2.20. The van der Waals surface area contributed by atoms with Gasteiger partial charge in [0, 0.05) is 22.5 Å². The molecule has 0 saturated carbocycles. The molecule has 0 radical (unpaired) electrons. The molecule has 0 aliphatic rings. The largest absolute Gasteiger partial charge is 0.292 e. The van der Waals surface area contributed by atoms with Gasteiger partial charge in [-0.05, 0) is 151 Å². The van der Waals surface area contributed by atoms with Crippen LogP contribution < -0.4 is 0 Å². The monoisotopic (exact) mass is 840 g/mol. The van der Waals surface area contributed by atoms with E-state index in [2.05, 4.69) is 252 Å². The lowest BCUT2D eigenvalue weighted by molar-refractivity contribution is 1.09. The fourth-order valence-corrected chi connectivity index (χ4v) is 10.0. The summed E-state index contributed by atoms with van der Waals surface area (Å²) in [4.78, 5) is 10.7. The molecule has 0 saturated heterocycles. The Bertz CT molecular complexity index is 3820. The average Bonchev–Trinajstić information content (AvgIpc) is 3.99. The van der Waals surface area contributed by atoms with Gasteiger partial charge in [-0.15, -0.1) is 0 Å². The SMILES string of the molecule is c1ccc(-n2c(-c3cc(-c4cccc(-c5cccc(-c6ccc7c8ccccc8c8ccccc8c7c6)c5)c4)cc(-c4nc5ccccc5n4-c4ccccc4)c3)nc3ccccc32)cc1. The maximum absolute atomic E-state index is 5.34. The van der Waals surface area contributed by atoms with Crippen LogP contribution in [0.25, 0.3) is 122 Å². The molecule has 0 aliphatic heterocycles. The second-order valence-electron chi connectivity index (χ2n) is 17.0. The molecule has 308 valence electrons. The minimum absolute atomic E-state index is 0.868. The third-order valence-corrected chi connectivity index (χ3v) is 13.1. The number of rotatable bonds is 7. The number of imidazole rings is 2. The number of para-hydroxylation sites is 6. The molecule has 0 fully saturated rings. The van der Waals surface area contributed by atoms with Crippen LogP contribution in [0.5, 0.6) is 0 Å². The van der Waals surface area contributed by atoms with Gasteiger partial charge in [0.15, 0.2) is 0 Å². The molecule has 2 aromatic heterocycles. The molecule has 13 aromatic rings. The van der Waals surface area contributed by atoms with E-state index in [9.17, 15) is 0 Å². The zero-order chi connectivity index (χ0) is 43.6. The molecular formula is C62H40N4. The van der Waals surface area contributed by atoms with E-state index in [0.717, 1.165) is 78.5 Å². The van der Waals surface area contributed by atoms with Crippen molar-refractivity contribution in [2.75, 3.05) is 0 Å². The van der Waals surface area contributed by atoms with Gasteiger partial charge < -0.3 is 0 Å². The maximum atomic E-state index is 5.34. The molecule has 4 heteroatoms. The minimum Gasteiger partial charge on any atom is -0.292 e. The lowest BCUT2D eigenvalue weighted by atomic mass is 9.91. The molecule has 0 aliphatic carbocycles. The summed E-state index contributed by atoms with van der Waals surface area (Å²) in [6.07, 6.45) is 0. The van der Waals surface area contributed by atoms with Gasteiger partial charge in [-0.1, -0.05) is 158 Å². The van der Waals surface area contributed by atoms with E-state index in [1.807, 2.05) is 0 Å². The van der Waals surface area contributed by atoms with Crippen molar-refractivity contribution in [3.05, 3.63) is 243 Å². The molecular weight excluding hydrogens is 801 g/mol. The first kappa shape index (κ1) is 37.7. The Hall–Kier alpha value is -8.86. The van der Waals surface area contributed by atoms with Crippen LogP contribution in [0.15, 0.2) is 243 Å². The Morgan fingerprint density at radius 3 is 1.06 bits per heavy atom. The van der Waals surface area contributed by atoms with E-state index < -0.39 is 0 Å². The van der Waals surface area contributed by atoms with Crippen LogP contribution in [0.3, 0.4) is 0 Å². The van der Waals surface area contributed by atoms with E-state index in [4.69, 9.17) is 9.97 Å². The van der Waals surface area contributed by atoms with Crippen LogP contribution in [0, 0.1) is 0 Å². The average molecular weight is 841 g/mol. The summed E-state index contributed by atoms with van der Waals surface area (Å²) in [6, 6.07) is 87.1.